The van der Waals surface area contributed by atoms with Gasteiger partial charge in [0.15, 0.2) is 5.75 Å². The van der Waals surface area contributed by atoms with Crippen molar-refractivity contribution in [3.63, 3.8) is 0 Å². The fraction of sp³-hybridized carbons (Fsp3) is 0.316. The van der Waals surface area contributed by atoms with Gasteiger partial charge in [0.25, 0.3) is 0 Å². The van der Waals surface area contributed by atoms with Crippen molar-refractivity contribution in [2.24, 2.45) is 0 Å². The second-order valence-electron chi connectivity index (χ2n) is 6.43. The molecule has 0 spiro atoms. The highest BCUT2D eigenvalue weighted by molar-refractivity contribution is 5.71. The quantitative estimate of drug-likeness (QED) is 0.451. The van der Waals surface area contributed by atoms with Crippen LogP contribution in [0.4, 0.5) is 11.4 Å². The predicted molar refractivity (Wildman–Crippen MR) is 106 cm³/mol. The summed E-state index contributed by atoms with van der Waals surface area (Å²) in [5.41, 5.74) is 9.18. The lowest BCUT2D eigenvalue weighted by molar-refractivity contribution is -0.385. The van der Waals surface area contributed by atoms with Crippen molar-refractivity contribution in [3.8, 4) is 17.0 Å². The molecule has 3 N–H and O–H groups in total. The number of fused-ring (bicyclic) bond motifs is 1. The van der Waals surface area contributed by atoms with Crippen molar-refractivity contribution in [1.29, 1.82) is 0 Å². The first-order valence-electron chi connectivity index (χ1n) is 8.92. The number of pyridine rings is 1. The van der Waals surface area contributed by atoms with Crippen molar-refractivity contribution < 1.29 is 14.8 Å². The van der Waals surface area contributed by atoms with E-state index in [1.807, 2.05) is 16.3 Å². The van der Waals surface area contributed by atoms with Gasteiger partial charge >= 0.3 is 5.69 Å². The molecule has 3 rings (SSSR count). The van der Waals surface area contributed by atoms with E-state index in [0.29, 0.717) is 42.3 Å². The SMILES string of the molecule is CCOc1ccc(-c2nc3ccc(N)cn3c2CN(C)CCO)cc1[N+](=O)[O-]. The number of nitrogens with two attached hydrogens (primary N) is 1. The molecule has 28 heavy (non-hydrogen) atoms. The normalized spacial score (nSPS) is 11.3. The van der Waals surface area contributed by atoms with Gasteiger partial charge in [0.2, 0.25) is 0 Å². The first-order valence-corrected chi connectivity index (χ1v) is 8.92. The Kier molecular flexibility index (Phi) is 5.76. The number of nitrogens with zero attached hydrogens (tertiary/aromatic N) is 4. The number of hydrogen-bond acceptors (Lipinski definition) is 7. The molecule has 1 aromatic carbocycles. The molecule has 0 unspecified atom stereocenters. The predicted octanol–water partition coefficient (Wildman–Crippen LogP) is 2.31. The molecule has 0 saturated heterocycles. The van der Waals surface area contributed by atoms with Gasteiger partial charge in [-0.15, -0.1) is 0 Å². The number of ether oxygens (including phenoxy) is 1. The molecule has 2 heterocycles. The third-order valence-electron chi connectivity index (χ3n) is 4.37. The zero-order valence-corrected chi connectivity index (χ0v) is 15.8. The summed E-state index contributed by atoms with van der Waals surface area (Å²) < 4.78 is 7.25. The Morgan fingerprint density at radius 1 is 1.36 bits per heavy atom. The zero-order valence-electron chi connectivity index (χ0n) is 15.8. The molecule has 2 aromatic heterocycles. The summed E-state index contributed by atoms with van der Waals surface area (Å²) in [7, 11) is 1.88. The van der Waals surface area contributed by atoms with Crippen LogP contribution in [0.1, 0.15) is 12.6 Å². The summed E-state index contributed by atoms with van der Waals surface area (Å²) in [4.78, 5) is 17.6. The van der Waals surface area contributed by atoms with Crippen molar-refractivity contribution in [2.75, 3.05) is 32.5 Å². The minimum atomic E-state index is -0.458. The van der Waals surface area contributed by atoms with Crippen LogP contribution < -0.4 is 10.5 Å². The van der Waals surface area contributed by atoms with E-state index < -0.39 is 4.92 Å². The molecule has 9 heteroatoms. The average molecular weight is 385 g/mol. The number of aromatic nitrogens is 2. The van der Waals surface area contributed by atoms with Gasteiger partial charge in [-0.25, -0.2) is 4.98 Å². The van der Waals surface area contributed by atoms with Crippen LogP contribution in [0.2, 0.25) is 0 Å². The first kappa shape index (κ1) is 19.6. The Morgan fingerprint density at radius 2 is 2.14 bits per heavy atom. The Morgan fingerprint density at radius 3 is 2.82 bits per heavy atom. The smallest absolute Gasteiger partial charge is 0.311 e. The number of benzene rings is 1. The number of nitrogen functional groups attached to an aromatic ring is 1. The summed E-state index contributed by atoms with van der Waals surface area (Å²) in [5.74, 6) is 0.225. The molecule has 0 fully saturated rings. The summed E-state index contributed by atoms with van der Waals surface area (Å²) in [6.07, 6.45) is 1.77. The number of rotatable bonds is 8. The van der Waals surface area contributed by atoms with E-state index in [-0.39, 0.29) is 18.0 Å². The van der Waals surface area contributed by atoms with Crippen LogP contribution in [0, 0.1) is 10.1 Å². The van der Waals surface area contributed by atoms with Gasteiger partial charge in [-0.3, -0.25) is 15.0 Å². The van der Waals surface area contributed by atoms with Crippen molar-refractivity contribution >= 4 is 17.0 Å². The van der Waals surface area contributed by atoms with Gasteiger partial charge in [0.05, 0.1) is 29.5 Å². The van der Waals surface area contributed by atoms with E-state index in [4.69, 9.17) is 10.5 Å². The van der Waals surface area contributed by atoms with Gasteiger partial charge in [0, 0.05) is 36.6 Å². The summed E-state index contributed by atoms with van der Waals surface area (Å²) in [5, 5.41) is 20.7. The van der Waals surface area contributed by atoms with E-state index in [0.717, 1.165) is 5.69 Å². The molecule has 0 radical (unpaired) electrons. The number of anilines is 1. The van der Waals surface area contributed by atoms with Crippen LogP contribution in [-0.2, 0) is 6.54 Å². The number of likely N-dealkylation sites (N-methyl/N-ethyl adjacent to an activating group) is 1. The molecule has 9 nitrogen and oxygen atoms in total. The number of nitro groups is 1. The lowest BCUT2D eigenvalue weighted by Crippen LogP contribution is -2.22. The van der Waals surface area contributed by atoms with Crippen LogP contribution >= 0.6 is 0 Å². The average Bonchev–Trinajstić information content (AvgIpc) is 3.00. The molecule has 0 amide bonds. The minimum absolute atomic E-state index is 0.0270. The monoisotopic (exact) mass is 385 g/mol. The topological polar surface area (TPSA) is 119 Å². The maximum Gasteiger partial charge on any atom is 0.311 e. The highest BCUT2D eigenvalue weighted by Gasteiger charge is 2.21. The van der Waals surface area contributed by atoms with E-state index in [2.05, 4.69) is 4.98 Å². The van der Waals surface area contributed by atoms with E-state index in [9.17, 15) is 15.2 Å². The van der Waals surface area contributed by atoms with E-state index >= 15 is 0 Å². The van der Waals surface area contributed by atoms with Gasteiger partial charge in [0.1, 0.15) is 5.65 Å². The Balaban J connectivity index is 2.16. The third kappa shape index (κ3) is 3.90. The van der Waals surface area contributed by atoms with Gasteiger partial charge in [-0.05, 0) is 38.2 Å². The van der Waals surface area contributed by atoms with Crippen molar-refractivity contribution in [1.82, 2.24) is 14.3 Å². The molecule has 0 aliphatic carbocycles. The molecule has 0 saturated carbocycles. The largest absolute Gasteiger partial charge is 0.487 e. The lowest BCUT2D eigenvalue weighted by Gasteiger charge is -2.16. The second-order valence-corrected chi connectivity index (χ2v) is 6.43. The fourth-order valence-electron chi connectivity index (χ4n) is 3.08. The zero-order chi connectivity index (χ0) is 20.3. The second kappa shape index (κ2) is 8.24. The van der Waals surface area contributed by atoms with Crippen LogP contribution in [0.5, 0.6) is 5.75 Å². The highest BCUT2D eigenvalue weighted by atomic mass is 16.6. The number of aliphatic hydroxyl groups excluding tert-OH is 1. The molecule has 148 valence electrons. The standard InChI is InChI=1S/C19H23N5O4/c1-3-28-17-6-4-13(10-15(17)24(26)27)19-16(12-22(2)8-9-25)23-11-14(20)5-7-18(23)21-19/h4-7,10-11,25H,3,8-9,12,20H2,1-2H3. The number of nitro benzene ring substituents is 1. The summed E-state index contributed by atoms with van der Waals surface area (Å²) in [6, 6.07) is 8.40. The van der Waals surface area contributed by atoms with Crippen molar-refractivity contribution in [3.05, 3.63) is 52.3 Å². The highest BCUT2D eigenvalue weighted by Crippen LogP contribution is 2.34. The Bertz CT molecular complexity index is 1000. The Hall–Kier alpha value is -3.17. The molecular weight excluding hydrogens is 362 g/mol. The first-order chi connectivity index (χ1) is 13.4. The van der Waals surface area contributed by atoms with Crippen molar-refractivity contribution in [2.45, 2.75) is 13.5 Å². The maximum absolute atomic E-state index is 11.5. The third-order valence-corrected chi connectivity index (χ3v) is 4.37. The number of imidazole rings is 1. The minimum Gasteiger partial charge on any atom is -0.487 e. The Labute approximate surface area is 162 Å². The van der Waals surface area contributed by atoms with Crippen LogP contribution in [0.25, 0.3) is 16.9 Å². The summed E-state index contributed by atoms with van der Waals surface area (Å²) >= 11 is 0. The van der Waals surface area contributed by atoms with Crippen LogP contribution in [-0.4, -0.2) is 51.1 Å². The lowest BCUT2D eigenvalue weighted by atomic mass is 10.1. The molecular formula is C19H23N5O4. The molecule has 0 atom stereocenters. The van der Waals surface area contributed by atoms with Gasteiger partial charge < -0.3 is 20.0 Å². The van der Waals surface area contributed by atoms with E-state index in [1.54, 1.807) is 37.4 Å². The van der Waals surface area contributed by atoms with Crippen LogP contribution in [0.3, 0.4) is 0 Å². The number of aliphatic hydroxyl groups is 1. The number of hydrogen-bond donors (Lipinski definition) is 2. The van der Waals surface area contributed by atoms with Gasteiger partial charge in [-0.2, -0.15) is 0 Å². The van der Waals surface area contributed by atoms with Gasteiger partial charge in [-0.1, -0.05) is 0 Å². The molecule has 3 aromatic rings. The fourth-order valence-corrected chi connectivity index (χ4v) is 3.08. The summed E-state index contributed by atoms with van der Waals surface area (Å²) in [6.45, 7) is 3.11. The van der Waals surface area contributed by atoms with E-state index in [1.165, 1.54) is 6.07 Å². The molecule has 0 bridgehead atoms. The molecule has 0 aliphatic heterocycles. The van der Waals surface area contributed by atoms with Crippen LogP contribution in [0.15, 0.2) is 36.5 Å². The maximum atomic E-state index is 11.5. The molecule has 0 aliphatic rings.